The van der Waals surface area contributed by atoms with Crippen molar-refractivity contribution in [1.29, 1.82) is 0 Å². The second-order valence-corrected chi connectivity index (χ2v) is 6.37. The number of hydrogen-bond acceptors (Lipinski definition) is 3. The van der Waals surface area contributed by atoms with Crippen LogP contribution in [0.4, 0.5) is 0 Å². The molecular weight excluding hydrogens is 236 g/mol. The third kappa shape index (κ3) is 2.16. The van der Waals surface area contributed by atoms with Crippen molar-refractivity contribution < 1.29 is 4.79 Å². The Morgan fingerprint density at radius 1 is 1.44 bits per heavy atom. The molecule has 0 fully saturated rings. The SMILES string of the molecule is CSc1ccc2c(c1)C(=O)C(C(C)C)SC2. The Morgan fingerprint density at radius 3 is 2.81 bits per heavy atom. The van der Waals surface area contributed by atoms with Crippen molar-refractivity contribution in [2.75, 3.05) is 6.26 Å². The lowest BCUT2D eigenvalue weighted by Crippen LogP contribution is -2.28. The molecular formula is C13H16OS2. The molecule has 16 heavy (non-hydrogen) atoms. The molecule has 2 rings (SSSR count). The van der Waals surface area contributed by atoms with Crippen molar-refractivity contribution >= 4 is 29.3 Å². The third-order valence-corrected chi connectivity index (χ3v) is 5.19. The van der Waals surface area contributed by atoms with Gasteiger partial charge in [-0.1, -0.05) is 19.9 Å². The molecule has 1 atom stereocenters. The second kappa shape index (κ2) is 4.84. The van der Waals surface area contributed by atoms with Gasteiger partial charge in [-0.15, -0.1) is 23.5 Å². The topological polar surface area (TPSA) is 17.1 Å². The normalized spacial score (nSPS) is 20.0. The van der Waals surface area contributed by atoms with Gasteiger partial charge in [-0.25, -0.2) is 0 Å². The standard InChI is InChI=1S/C13H16OS2/c1-8(2)13-12(14)11-6-10(15-3)5-4-9(11)7-16-13/h4-6,8,13H,7H2,1-3H3. The van der Waals surface area contributed by atoms with E-state index in [-0.39, 0.29) is 5.25 Å². The Bertz CT molecular complexity index is 412. The highest BCUT2D eigenvalue weighted by Crippen LogP contribution is 2.35. The summed E-state index contributed by atoms with van der Waals surface area (Å²) < 4.78 is 0. The van der Waals surface area contributed by atoms with Crippen LogP contribution in [0.2, 0.25) is 0 Å². The number of benzene rings is 1. The molecule has 1 aromatic rings. The lowest BCUT2D eigenvalue weighted by atomic mass is 9.96. The number of fused-ring (bicyclic) bond motifs is 1. The number of carbonyl (C=O) groups is 1. The number of Topliss-reactive ketones (excluding diaryl/α,β-unsaturated/α-hetero) is 1. The monoisotopic (exact) mass is 252 g/mol. The molecule has 1 aliphatic heterocycles. The van der Waals surface area contributed by atoms with E-state index in [4.69, 9.17) is 0 Å². The number of rotatable bonds is 2. The molecule has 0 bridgehead atoms. The molecule has 86 valence electrons. The predicted molar refractivity (Wildman–Crippen MR) is 72.5 cm³/mol. The summed E-state index contributed by atoms with van der Waals surface area (Å²) in [6.45, 7) is 4.25. The first-order valence-corrected chi connectivity index (χ1v) is 7.73. The largest absolute Gasteiger partial charge is 0.293 e. The Morgan fingerprint density at radius 2 is 2.19 bits per heavy atom. The summed E-state index contributed by atoms with van der Waals surface area (Å²) in [4.78, 5) is 13.5. The molecule has 0 saturated heterocycles. The van der Waals surface area contributed by atoms with E-state index in [1.165, 1.54) is 10.5 Å². The zero-order valence-corrected chi connectivity index (χ0v) is 11.5. The van der Waals surface area contributed by atoms with Gasteiger partial charge in [-0.05, 0) is 29.9 Å². The van der Waals surface area contributed by atoms with Gasteiger partial charge in [-0.2, -0.15) is 0 Å². The molecule has 0 amide bonds. The molecule has 1 aliphatic rings. The Labute approximate surface area is 105 Å². The van der Waals surface area contributed by atoms with Crippen LogP contribution in [-0.2, 0) is 5.75 Å². The van der Waals surface area contributed by atoms with E-state index >= 15 is 0 Å². The van der Waals surface area contributed by atoms with E-state index in [2.05, 4.69) is 32.0 Å². The average molecular weight is 252 g/mol. The fraction of sp³-hybridized carbons (Fsp3) is 0.462. The Balaban J connectivity index is 2.38. The van der Waals surface area contributed by atoms with E-state index in [1.54, 1.807) is 23.5 Å². The van der Waals surface area contributed by atoms with Crippen LogP contribution in [0.3, 0.4) is 0 Å². The number of thioether (sulfide) groups is 2. The summed E-state index contributed by atoms with van der Waals surface area (Å²) in [7, 11) is 0. The highest BCUT2D eigenvalue weighted by Gasteiger charge is 2.30. The van der Waals surface area contributed by atoms with Crippen molar-refractivity contribution in [2.45, 2.75) is 29.7 Å². The maximum atomic E-state index is 12.3. The van der Waals surface area contributed by atoms with Crippen LogP contribution in [0.15, 0.2) is 23.1 Å². The average Bonchev–Trinajstić information content (AvgIpc) is 2.28. The Hall–Kier alpha value is -0.410. The van der Waals surface area contributed by atoms with Gasteiger partial charge in [0, 0.05) is 16.2 Å². The maximum Gasteiger partial charge on any atom is 0.176 e. The summed E-state index contributed by atoms with van der Waals surface area (Å²) in [6.07, 6.45) is 2.05. The fourth-order valence-electron chi connectivity index (χ4n) is 1.94. The van der Waals surface area contributed by atoms with Gasteiger partial charge in [0.25, 0.3) is 0 Å². The third-order valence-electron chi connectivity index (χ3n) is 2.86. The molecule has 0 saturated carbocycles. The first-order valence-electron chi connectivity index (χ1n) is 5.46. The van der Waals surface area contributed by atoms with E-state index in [0.29, 0.717) is 11.7 Å². The summed E-state index contributed by atoms with van der Waals surface area (Å²) in [5, 5.41) is 0.143. The molecule has 0 spiro atoms. The highest BCUT2D eigenvalue weighted by molar-refractivity contribution is 8.00. The molecule has 0 aromatic heterocycles. The first kappa shape index (κ1) is 12.1. The van der Waals surface area contributed by atoms with Crippen LogP contribution in [0.25, 0.3) is 0 Å². The van der Waals surface area contributed by atoms with Gasteiger partial charge in [0.1, 0.15) is 0 Å². The molecule has 0 N–H and O–H groups in total. The quantitative estimate of drug-likeness (QED) is 0.744. The van der Waals surface area contributed by atoms with Crippen LogP contribution < -0.4 is 0 Å². The van der Waals surface area contributed by atoms with Crippen LogP contribution in [-0.4, -0.2) is 17.3 Å². The smallest absolute Gasteiger partial charge is 0.176 e. The first-order chi connectivity index (χ1) is 7.63. The number of ketones is 1. The molecule has 1 unspecified atom stereocenters. The van der Waals surface area contributed by atoms with Crippen LogP contribution in [0, 0.1) is 5.92 Å². The number of hydrogen-bond donors (Lipinski definition) is 0. The maximum absolute atomic E-state index is 12.3. The molecule has 3 heteroatoms. The second-order valence-electron chi connectivity index (χ2n) is 4.36. The summed E-state index contributed by atoms with van der Waals surface area (Å²) >= 11 is 3.47. The summed E-state index contributed by atoms with van der Waals surface area (Å²) in [6, 6.07) is 6.26. The van der Waals surface area contributed by atoms with Crippen molar-refractivity contribution in [2.24, 2.45) is 5.92 Å². The van der Waals surface area contributed by atoms with Crippen molar-refractivity contribution in [3.8, 4) is 0 Å². The molecule has 1 nitrogen and oxygen atoms in total. The van der Waals surface area contributed by atoms with E-state index in [9.17, 15) is 4.79 Å². The van der Waals surface area contributed by atoms with E-state index in [1.807, 2.05) is 6.26 Å². The van der Waals surface area contributed by atoms with Crippen LogP contribution in [0.1, 0.15) is 29.8 Å². The van der Waals surface area contributed by atoms with Gasteiger partial charge < -0.3 is 0 Å². The van der Waals surface area contributed by atoms with E-state index in [0.717, 1.165) is 11.3 Å². The van der Waals surface area contributed by atoms with Gasteiger partial charge in [0.2, 0.25) is 0 Å². The van der Waals surface area contributed by atoms with Crippen molar-refractivity contribution in [1.82, 2.24) is 0 Å². The fourth-order valence-corrected chi connectivity index (χ4v) is 3.66. The van der Waals surface area contributed by atoms with Gasteiger partial charge in [0.05, 0.1) is 5.25 Å². The minimum Gasteiger partial charge on any atom is -0.293 e. The predicted octanol–water partition coefficient (Wildman–Crippen LogP) is 3.86. The summed E-state index contributed by atoms with van der Waals surface area (Å²) in [5.74, 6) is 1.71. The lowest BCUT2D eigenvalue weighted by molar-refractivity contribution is 0.0973. The van der Waals surface area contributed by atoms with Gasteiger partial charge >= 0.3 is 0 Å². The Kier molecular flexibility index (Phi) is 3.65. The lowest BCUT2D eigenvalue weighted by Gasteiger charge is -2.25. The number of carbonyl (C=O) groups excluding carboxylic acids is 1. The minimum atomic E-state index is 0.143. The van der Waals surface area contributed by atoms with Gasteiger partial charge in [0.15, 0.2) is 5.78 Å². The van der Waals surface area contributed by atoms with Gasteiger partial charge in [-0.3, -0.25) is 4.79 Å². The zero-order valence-electron chi connectivity index (χ0n) is 9.82. The molecule has 1 heterocycles. The van der Waals surface area contributed by atoms with Crippen molar-refractivity contribution in [3.05, 3.63) is 29.3 Å². The van der Waals surface area contributed by atoms with Crippen molar-refractivity contribution in [3.63, 3.8) is 0 Å². The zero-order chi connectivity index (χ0) is 11.7. The minimum absolute atomic E-state index is 0.143. The highest BCUT2D eigenvalue weighted by atomic mass is 32.2. The summed E-state index contributed by atoms with van der Waals surface area (Å²) in [5.41, 5.74) is 2.15. The molecule has 0 aliphatic carbocycles. The molecule has 1 aromatic carbocycles. The molecule has 0 radical (unpaired) electrons. The van der Waals surface area contributed by atoms with Crippen LogP contribution in [0.5, 0.6) is 0 Å². The van der Waals surface area contributed by atoms with Crippen LogP contribution >= 0.6 is 23.5 Å². The van der Waals surface area contributed by atoms with E-state index < -0.39 is 0 Å².